The number of hydrogen-bond donors (Lipinski definition) is 1. The second kappa shape index (κ2) is 5.75. The third-order valence-electron chi connectivity index (χ3n) is 2.96. The molecule has 19 heavy (non-hydrogen) atoms. The maximum absolute atomic E-state index is 13.5. The van der Waals surface area contributed by atoms with Crippen molar-refractivity contribution in [3.05, 3.63) is 51.0 Å². The van der Waals surface area contributed by atoms with Crippen LogP contribution in [0.15, 0.2) is 18.2 Å². The number of nitrogens with zero attached hydrogens (tertiary/aromatic N) is 1. The molecular formula is C14H16F2N2S. The fourth-order valence-corrected chi connectivity index (χ4v) is 2.89. The highest BCUT2D eigenvalue weighted by atomic mass is 32.1. The summed E-state index contributed by atoms with van der Waals surface area (Å²) in [5.74, 6) is -1.08. The van der Waals surface area contributed by atoms with Crippen LogP contribution in [-0.4, -0.2) is 4.98 Å². The molecule has 1 aromatic carbocycles. The van der Waals surface area contributed by atoms with Crippen molar-refractivity contribution in [2.75, 3.05) is 0 Å². The summed E-state index contributed by atoms with van der Waals surface area (Å²) in [4.78, 5) is 5.63. The van der Waals surface area contributed by atoms with Gasteiger partial charge in [-0.15, -0.1) is 11.3 Å². The molecule has 0 radical (unpaired) electrons. The van der Waals surface area contributed by atoms with E-state index in [-0.39, 0.29) is 6.04 Å². The van der Waals surface area contributed by atoms with E-state index in [1.807, 2.05) is 20.8 Å². The zero-order chi connectivity index (χ0) is 14.0. The zero-order valence-electron chi connectivity index (χ0n) is 11.1. The van der Waals surface area contributed by atoms with E-state index in [0.29, 0.717) is 12.1 Å². The number of benzene rings is 1. The standard InChI is InChI=1S/C14H16F2N2S/c1-8(14-9(2)19-10(3)18-14)17-7-11-4-5-12(15)6-13(11)16/h4-6,8,17H,7H2,1-3H3. The van der Waals surface area contributed by atoms with Gasteiger partial charge >= 0.3 is 0 Å². The van der Waals surface area contributed by atoms with Gasteiger partial charge in [-0.1, -0.05) is 6.07 Å². The molecule has 0 aliphatic carbocycles. The lowest BCUT2D eigenvalue weighted by Crippen LogP contribution is -2.19. The molecule has 1 N–H and O–H groups in total. The van der Waals surface area contributed by atoms with Crippen LogP contribution in [0.4, 0.5) is 8.78 Å². The Kier molecular flexibility index (Phi) is 4.27. The first-order valence-electron chi connectivity index (χ1n) is 6.08. The van der Waals surface area contributed by atoms with Gasteiger partial charge in [0.05, 0.1) is 10.7 Å². The number of rotatable bonds is 4. The van der Waals surface area contributed by atoms with Gasteiger partial charge in [0.25, 0.3) is 0 Å². The molecule has 0 amide bonds. The fraction of sp³-hybridized carbons (Fsp3) is 0.357. The van der Waals surface area contributed by atoms with Crippen molar-refractivity contribution in [1.29, 1.82) is 0 Å². The lowest BCUT2D eigenvalue weighted by molar-refractivity contribution is 0.527. The number of aromatic nitrogens is 1. The second-order valence-corrected chi connectivity index (χ2v) is 5.92. The largest absolute Gasteiger partial charge is 0.305 e. The molecule has 2 aromatic rings. The third-order valence-corrected chi connectivity index (χ3v) is 3.87. The van der Waals surface area contributed by atoms with Crippen LogP contribution < -0.4 is 5.32 Å². The first-order chi connectivity index (χ1) is 8.97. The number of nitrogens with one attached hydrogen (secondary N) is 1. The number of halogens is 2. The quantitative estimate of drug-likeness (QED) is 0.920. The predicted molar refractivity (Wildman–Crippen MR) is 73.2 cm³/mol. The van der Waals surface area contributed by atoms with Gasteiger partial charge in [-0.05, 0) is 26.8 Å². The highest BCUT2D eigenvalue weighted by Gasteiger charge is 2.13. The van der Waals surface area contributed by atoms with Gasteiger partial charge in [-0.25, -0.2) is 13.8 Å². The Bertz CT molecular complexity index is 581. The molecule has 0 bridgehead atoms. The Hall–Kier alpha value is -1.33. The molecule has 0 saturated heterocycles. The summed E-state index contributed by atoms with van der Waals surface area (Å²) in [6, 6.07) is 3.67. The van der Waals surface area contributed by atoms with Crippen LogP contribution in [-0.2, 0) is 6.54 Å². The molecule has 0 aliphatic heterocycles. The van der Waals surface area contributed by atoms with Crippen LogP contribution in [0, 0.1) is 25.5 Å². The van der Waals surface area contributed by atoms with E-state index in [1.165, 1.54) is 12.1 Å². The monoisotopic (exact) mass is 282 g/mol. The van der Waals surface area contributed by atoms with E-state index in [1.54, 1.807) is 11.3 Å². The minimum atomic E-state index is -0.555. The molecule has 0 spiro atoms. The topological polar surface area (TPSA) is 24.9 Å². The van der Waals surface area contributed by atoms with Gasteiger partial charge in [0.15, 0.2) is 0 Å². The van der Waals surface area contributed by atoms with Crippen molar-refractivity contribution in [2.45, 2.75) is 33.4 Å². The molecule has 0 fully saturated rings. The zero-order valence-corrected chi connectivity index (χ0v) is 11.9. The van der Waals surface area contributed by atoms with Gasteiger partial charge in [-0.2, -0.15) is 0 Å². The maximum Gasteiger partial charge on any atom is 0.130 e. The molecular weight excluding hydrogens is 266 g/mol. The highest BCUT2D eigenvalue weighted by Crippen LogP contribution is 2.22. The second-order valence-electron chi connectivity index (χ2n) is 4.51. The summed E-state index contributed by atoms with van der Waals surface area (Å²) < 4.78 is 26.3. The van der Waals surface area contributed by atoms with Gasteiger partial charge in [0.1, 0.15) is 11.6 Å². The molecule has 2 nitrogen and oxygen atoms in total. The summed E-state index contributed by atoms with van der Waals surface area (Å²) in [6.45, 7) is 6.33. The first kappa shape index (κ1) is 14.1. The van der Waals surface area contributed by atoms with E-state index in [9.17, 15) is 8.78 Å². The Labute approximate surface area is 115 Å². The number of thiazole rings is 1. The summed E-state index contributed by atoms with van der Waals surface area (Å²) in [6.07, 6.45) is 0. The molecule has 0 saturated carbocycles. The predicted octanol–water partition coefficient (Wildman–Crippen LogP) is 3.89. The van der Waals surface area contributed by atoms with Gasteiger partial charge < -0.3 is 5.32 Å². The van der Waals surface area contributed by atoms with Crippen molar-refractivity contribution in [3.63, 3.8) is 0 Å². The van der Waals surface area contributed by atoms with E-state index in [0.717, 1.165) is 21.6 Å². The molecule has 102 valence electrons. The van der Waals surface area contributed by atoms with Gasteiger partial charge in [0.2, 0.25) is 0 Å². The van der Waals surface area contributed by atoms with Gasteiger partial charge in [0, 0.05) is 29.1 Å². The van der Waals surface area contributed by atoms with Crippen molar-refractivity contribution in [3.8, 4) is 0 Å². The molecule has 2 rings (SSSR count). The van der Waals surface area contributed by atoms with Crippen molar-refractivity contribution >= 4 is 11.3 Å². The summed E-state index contributed by atoms with van der Waals surface area (Å²) >= 11 is 1.65. The first-order valence-corrected chi connectivity index (χ1v) is 6.90. The van der Waals surface area contributed by atoms with Crippen LogP contribution in [0.2, 0.25) is 0 Å². The van der Waals surface area contributed by atoms with Crippen molar-refractivity contribution < 1.29 is 8.78 Å². The molecule has 1 heterocycles. The van der Waals surface area contributed by atoms with E-state index >= 15 is 0 Å². The summed E-state index contributed by atoms with van der Waals surface area (Å²) in [7, 11) is 0. The molecule has 1 aromatic heterocycles. The Morgan fingerprint density at radius 1 is 1.32 bits per heavy atom. The highest BCUT2D eigenvalue weighted by molar-refractivity contribution is 7.11. The SMILES string of the molecule is Cc1nc(C(C)NCc2ccc(F)cc2F)c(C)s1. The van der Waals surface area contributed by atoms with E-state index in [2.05, 4.69) is 10.3 Å². The summed E-state index contributed by atoms with van der Waals surface area (Å²) in [5.41, 5.74) is 1.45. The Balaban J connectivity index is 2.04. The van der Waals surface area contributed by atoms with E-state index in [4.69, 9.17) is 0 Å². The number of aryl methyl sites for hydroxylation is 2. The smallest absolute Gasteiger partial charge is 0.130 e. The minimum absolute atomic E-state index is 0.0365. The molecule has 1 atom stereocenters. The average molecular weight is 282 g/mol. The normalized spacial score (nSPS) is 12.7. The average Bonchev–Trinajstić information content (AvgIpc) is 2.67. The van der Waals surface area contributed by atoms with Crippen molar-refractivity contribution in [1.82, 2.24) is 10.3 Å². The minimum Gasteiger partial charge on any atom is -0.305 e. The van der Waals surface area contributed by atoms with Crippen molar-refractivity contribution in [2.24, 2.45) is 0 Å². The van der Waals surface area contributed by atoms with Crippen LogP contribution >= 0.6 is 11.3 Å². The third kappa shape index (κ3) is 3.36. The fourth-order valence-electron chi connectivity index (χ4n) is 1.97. The number of hydrogen-bond acceptors (Lipinski definition) is 3. The van der Waals surface area contributed by atoms with Gasteiger partial charge in [-0.3, -0.25) is 0 Å². The lowest BCUT2D eigenvalue weighted by Gasteiger charge is -2.13. The Morgan fingerprint density at radius 2 is 2.05 bits per heavy atom. The molecule has 0 aliphatic rings. The van der Waals surface area contributed by atoms with Crippen LogP contribution in [0.25, 0.3) is 0 Å². The maximum atomic E-state index is 13.5. The lowest BCUT2D eigenvalue weighted by atomic mass is 10.1. The summed E-state index contributed by atoms with van der Waals surface area (Å²) in [5, 5.41) is 4.23. The van der Waals surface area contributed by atoms with E-state index < -0.39 is 11.6 Å². The molecule has 1 unspecified atom stereocenters. The molecule has 5 heteroatoms. The van der Waals surface area contributed by atoms with Crippen LogP contribution in [0.5, 0.6) is 0 Å². The van der Waals surface area contributed by atoms with Crippen LogP contribution in [0.1, 0.15) is 34.1 Å². The Morgan fingerprint density at radius 3 is 2.63 bits per heavy atom. The van der Waals surface area contributed by atoms with Crippen LogP contribution in [0.3, 0.4) is 0 Å².